The molecule has 2 rings (SSSR count). The van der Waals surface area contributed by atoms with Crippen LogP contribution in [0.1, 0.15) is 48.1 Å². The minimum absolute atomic E-state index is 0.235. The maximum atomic E-state index is 12.9. The van der Waals surface area contributed by atoms with Crippen molar-refractivity contribution in [1.82, 2.24) is 9.62 Å². The molecule has 0 unspecified atom stereocenters. The van der Waals surface area contributed by atoms with Crippen LogP contribution in [-0.2, 0) is 14.8 Å². The maximum absolute atomic E-state index is 12.9. The van der Waals surface area contributed by atoms with Gasteiger partial charge in [0.15, 0.2) is 0 Å². The number of ether oxygens (including phenoxy) is 1. The van der Waals surface area contributed by atoms with Crippen LogP contribution in [0.5, 0.6) is 0 Å². The average Bonchev–Trinajstić information content (AvgIpc) is 2.54. The molecule has 26 heavy (non-hydrogen) atoms. The van der Waals surface area contributed by atoms with Crippen LogP contribution in [0.15, 0.2) is 4.90 Å². The molecule has 148 valence electrons. The first kappa shape index (κ1) is 21.4. The largest absolute Gasteiger partial charge is 0.373 e. The predicted octanol–water partition coefficient (Wildman–Crippen LogP) is 3.01. The van der Waals surface area contributed by atoms with E-state index >= 15 is 0 Å². The Labute approximate surface area is 159 Å². The highest BCUT2D eigenvalue weighted by Crippen LogP contribution is 2.29. The minimum Gasteiger partial charge on any atom is -0.373 e. The van der Waals surface area contributed by atoms with E-state index in [2.05, 4.69) is 30.4 Å². The maximum Gasteiger partial charge on any atom is 0.241 e. The van der Waals surface area contributed by atoms with Crippen LogP contribution < -0.4 is 4.72 Å². The molecule has 1 aliphatic rings. The predicted molar refractivity (Wildman–Crippen MR) is 106 cm³/mol. The fourth-order valence-corrected chi connectivity index (χ4v) is 5.59. The molecular weight excluding hydrogens is 348 g/mol. The van der Waals surface area contributed by atoms with Crippen molar-refractivity contribution in [3.8, 4) is 0 Å². The van der Waals surface area contributed by atoms with Gasteiger partial charge in [-0.05, 0) is 89.2 Å². The third-order valence-electron chi connectivity index (χ3n) is 5.64. The van der Waals surface area contributed by atoms with Gasteiger partial charge in [-0.3, -0.25) is 4.90 Å². The zero-order chi connectivity index (χ0) is 19.6. The molecule has 0 saturated carbocycles. The van der Waals surface area contributed by atoms with Gasteiger partial charge in [0.25, 0.3) is 0 Å². The Balaban J connectivity index is 2.02. The number of rotatable bonds is 6. The monoisotopic (exact) mass is 382 g/mol. The van der Waals surface area contributed by atoms with Gasteiger partial charge in [-0.2, -0.15) is 0 Å². The Morgan fingerprint density at radius 2 is 1.38 bits per heavy atom. The van der Waals surface area contributed by atoms with E-state index in [9.17, 15) is 8.42 Å². The summed E-state index contributed by atoms with van der Waals surface area (Å²) in [4.78, 5) is 2.80. The van der Waals surface area contributed by atoms with Crippen molar-refractivity contribution in [3.05, 3.63) is 27.8 Å². The van der Waals surface area contributed by atoms with Crippen molar-refractivity contribution >= 4 is 10.0 Å². The second kappa shape index (κ2) is 8.38. The van der Waals surface area contributed by atoms with Crippen LogP contribution in [0.3, 0.4) is 0 Å². The zero-order valence-corrected chi connectivity index (χ0v) is 18.1. The van der Waals surface area contributed by atoms with Crippen LogP contribution in [0, 0.1) is 34.6 Å². The quantitative estimate of drug-likeness (QED) is 0.769. The molecule has 1 N–H and O–H groups in total. The summed E-state index contributed by atoms with van der Waals surface area (Å²) in [5, 5.41) is 0. The molecule has 0 bridgehead atoms. The minimum atomic E-state index is -3.50. The van der Waals surface area contributed by atoms with E-state index in [1.807, 2.05) is 27.7 Å². The van der Waals surface area contributed by atoms with Crippen LogP contribution in [-0.4, -0.2) is 51.7 Å². The van der Waals surface area contributed by atoms with Gasteiger partial charge in [0, 0.05) is 19.6 Å². The Morgan fingerprint density at radius 1 is 0.923 bits per heavy atom. The Kier molecular flexibility index (Phi) is 6.88. The van der Waals surface area contributed by atoms with E-state index in [4.69, 9.17) is 4.74 Å². The van der Waals surface area contributed by atoms with Crippen molar-refractivity contribution < 1.29 is 13.2 Å². The van der Waals surface area contributed by atoms with E-state index in [0.29, 0.717) is 11.4 Å². The Morgan fingerprint density at radius 3 is 1.88 bits per heavy atom. The fraction of sp³-hybridized carbons (Fsp3) is 0.700. The molecule has 2 atom stereocenters. The molecule has 1 aromatic rings. The van der Waals surface area contributed by atoms with E-state index in [1.54, 1.807) is 0 Å². The first-order valence-corrected chi connectivity index (χ1v) is 11.0. The molecule has 0 radical (unpaired) electrons. The highest BCUT2D eigenvalue weighted by Gasteiger charge is 2.24. The lowest BCUT2D eigenvalue weighted by Gasteiger charge is -2.35. The van der Waals surface area contributed by atoms with Gasteiger partial charge >= 0.3 is 0 Å². The molecule has 1 fully saturated rings. The summed E-state index contributed by atoms with van der Waals surface area (Å²) in [5.74, 6) is 0. The molecule has 1 saturated heterocycles. The molecule has 0 amide bonds. The topological polar surface area (TPSA) is 58.6 Å². The van der Waals surface area contributed by atoms with E-state index in [-0.39, 0.29) is 12.2 Å². The van der Waals surface area contributed by atoms with Gasteiger partial charge in [-0.1, -0.05) is 0 Å². The Bertz CT molecular complexity index is 720. The molecule has 1 heterocycles. The summed E-state index contributed by atoms with van der Waals surface area (Å²) in [6, 6.07) is 0. The van der Waals surface area contributed by atoms with E-state index < -0.39 is 10.0 Å². The molecule has 0 spiro atoms. The number of nitrogens with zero attached hydrogens (tertiary/aromatic N) is 1. The lowest BCUT2D eigenvalue weighted by molar-refractivity contribution is -0.0679. The molecule has 1 aromatic carbocycles. The highest BCUT2D eigenvalue weighted by molar-refractivity contribution is 7.89. The number of nitrogens with one attached hydrogen (secondary N) is 1. The first-order chi connectivity index (χ1) is 12.0. The molecule has 1 aliphatic heterocycles. The standard InChI is InChI=1S/C20H34N2O3S/c1-13-11-22(12-14(2)25-13)10-8-9-21-26(23,24)20-18(6)16(4)15(3)17(5)19(20)7/h13-14,21H,8-12H2,1-7H3/t13-,14-/m1/s1. The van der Waals surface area contributed by atoms with Gasteiger partial charge in [-0.15, -0.1) is 0 Å². The second-order valence-electron chi connectivity index (χ2n) is 7.72. The molecule has 6 heteroatoms. The van der Waals surface area contributed by atoms with Gasteiger partial charge < -0.3 is 4.74 Å². The summed E-state index contributed by atoms with van der Waals surface area (Å²) in [6.45, 7) is 17.2. The summed E-state index contributed by atoms with van der Waals surface area (Å²) in [5.41, 5.74) is 5.01. The highest BCUT2D eigenvalue weighted by atomic mass is 32.2. The van der Waals surface area contributed by atoms with Crippen molar-refractivity contribution in [2.45, 2.75) is 72.0 Å². The lowest BCUT2D eigenvalue weighted by atomic mass is 9.95. The summed E-state index contributed by atoms with van der Waals surface area (Å²) < 4.78 is 34.3. The van der Waals surface area contributed by atoms with Crippen molar-refractivity contribution in [3.63, 3.8) is 0 Å². The van der Waals surface area contributed by atoms with Crippen molar-refractivity contribution in [2.24, 2.45) is 0 Å². The van der Waals surface area contributed by atoms with Crippen LogP contribution in [0.25, 0.3) is 0 Å². The number of morpholine rings is 1. The smallest absolute Gasteiger partial charge is 0.241 e. The number of benzene rings is 1. The third kappa shape index (κ3) is 4.66. The normalized spacial score (nSPS) is 22.0. The molecule has 0 aromatic heterocycles. The van der Waals surface area contributed by atoms with Gasteiger partial charge in [0.2, 0.25) is 10.0 Å². The summed E-state index contributed by atoms with van der Waals surface area (Å²) in [6.07, 6.45) is 1.26. The van der Waals surface area contributed by atoms with Crippen molar-refractivity contribution in [1.29, 1.82) is 0 Å². The number of sulfonamides is 1. The van der Waals surface area contributed by atoms with Crippen LogP contribution in [0.4, 0.5) is 0 Å². The SMILES string of the molecule is Cc1c(C)c(C)c(S(=O)(=O)NCCCN2C[C@@H](C)O[C@H](C)C2)c(C)c1C. The summed E-state index contributed by atoms with van der Waals surface area (Å²) >= 11 is 0. The van der Waals surface area contributed by atoms with Crippen LogP contribution in [0.2, 0.25) is 0 Å². The van der Waals surface area contributed by atoms with E-state index in [0.717, 1.165) is 48.3 Å². The molecular formula is C20H34N2O3S. The van der Waals surface area contributed by atoms with Gasteiger partial charge in [-0.25, -0.2) is 13.1 Å². The second-order valence-corrected chi connectivity index (χ2v) is 9.43. The third-order valence-corrected chi connectivity index (χ3v) is 7.37. The molecule has 0 aliphatic carbocycles. The fourth-order valence-electron chi connectivity index (χ4n) is 3.92. The average molecular weight is 383 g/mol. The first-order valence-electron chi connectivity index (χ1n) is 9.49. The number of hydrogen-bond donors (Lipinski definition) is 1. The lowest BCUT2D eigenvalue weighted by Crippen LogP contribution is -2.46. The van der Waals surface area contributed by atoms with E-state index in [1.165, 1.54) is 5.56 Å². The number of hydrogen-bond acceptors (Lipinski definition) is 4. The van der Waals surface area contributed by atoms with Gasteiger partial charge in [0.1, 0.15) is 0 Å². The van der Waals surface area contributed by atoms with Crippen molar-refractivity contribution in [2.75, 3.05) is 26.2 Å². The Hall–Kier alpha value is -0.950. The van der Waals surface area contributed by atoms with Gasteiger partial charge in [0.05, 0.1) is 17.1 Å². The zero-order valence-electron chi connectivity index (χ0n) is 17.3. The molecule has 5 nitrogen and oxygen atoms in total. The summed E-state index contributed by atoms with van der Waals surface area (Å²) in [7, 11) is -3.50. The van der Waals surface area contributed by atoms with Crippen LogP contribution >= 0.6 is 0 Å².